The Morgan fingerprint density at radius 2 is 2.29 bits per heavy atom. The Kier molecular flexibility index (Phi) is 3.88. The summed E-state index contributed by atoms with van der Waals surface area (Å²) in [5.74, 6) is -0.354. The molecule has 76 valence electrons. The molecule has 3 N–H and O–H groups in total. The van der Waals surface area contributed by atoms with Crippen molar-refractivity contribution >= 4 is 27.5 Å². The zero-order valence-corrected chi connectivity index (χ0v) is 8.97. The third kappa shape index (κ3) is 2.70. The Bertz CT molecular complexity index is 344. The van der Waals surface area contributed by atoms with Crippen LogP contribution in [-0.2, 0) is 0 Å². The number of carbonyl (C=O) groups is 1. The molecule has 0 aromatic heterocycles. The van der Waals surface area contributed by atoms with Gasteiger partial charge in [0.2, 0.25) is 0 Å². The number of hydrogen-bond acceptors (Lipinski definition) is 2. The topological polar surface area (TPSA) is 55.1 Å². The Balaban J connectivity index is 2.80. The highest BCUT2D eigenvalue weighted by Crippen LogP contribution is 2.18. The van der Waals surface area contributed by atoms with Crippen molar-refractivity contribution in [3.05, 3.63) is 28.2 Å². The maximum absolute atomic E-state index is 11.8. The quantitative estimate of drug-likeness (QED) is 0.814. The molecule has 1 amide bonds. The molecule has 1 aromatic rings. The van der Waals surface area contributed by atoms with E-state index in [1.165, 1.54) is 0 Å². The highest BCUT2D eigenvalue weighted by atomic mass is 79.9. The van der Waals surface area contributed by atoms with Gasteiger partial charge in [-0.2, -0.15) is 0 Å². The summed E-state index contributed by atoms with van der Waals surface area (Å²) in [5, 5.41) is 2.40. The van der Waals surface area contributed by atoms with Crippen LogP contribution in [0.1, 0.15) is 10.4 Å². The second-order valence-electron chi connectivity index (χ2n) is 2.68. The number of halogens is 2. The number of nitrogens with one attached hydrogen (secondary N) is 1. The van der Waals surface area contributed by atoms with E-state index >= 15 is 0 Å². The molecule has 0 spiro atoms. The van der Waals surface area contributed by atoms with E-state index in [1.807, 2.05) is 0 Å². The monoisotopic (exact) mass is 260 g/mol. The van der Waals surface area contributed by atoms with E-state index in [0.29, 0.717) is 11.3 Å². The van der Waals surface area contributed by atoms with E-state index in [0.717, 1.165) is 4.47 Å². The molecule has 0 unspecified atom stereocenters. The maximum atomic E-state index is 11.8. The molecule has 0 saturated heterocycles. The van der Waals surface area contributed by atoms with Crippen molar-refractivity contribution in [1.82, 2.24) is 5.32 Å². The minimum Gasteiger partial charge on any atom is -0.398 e. The van der Waals surface area contributed by atoms with Gasteiger partial charge in [-0.1, -0.05) is 15.9 Å². The molecule has 0 radical (unpaired) electrons. The first-order valence-electron chi connectivity index (χ1n) is 4.04. The molecule has 0 fully saturated rings. The zero-order chi connectivity index (χ0) is 10.6. The molecule has 5 heteroatoms. The van der Waals surface area contributed by atoms with Crippen LogP contribution >= 0.6 is 15.9 Å². The van der Waals surface area contributed by atoms with E-state index in [2.05, 4.69) is 21.2 Å². The average Bonchev–Trinajstić information content (AvgIpc) is 2.14. The lowest BCUT2D eigenvalue weighted by Gasteiger charge is -2.05. The van der Waals surface area contributed by atoms with E-state index in [1.54, 1.807) is 18.2 Å². The van der Waals surface area contributed by atoms with Crippen LogP contribution in [0, 0.1) is 0 Å². The molecule has 0 saturated carbocycles. The van der Waals surface area contributed by atoms with Crippen molar-refractivity contribution in [3.8, 4) is 0 Å². The van der Waals surface area contributed by atoms with Gasteiger partial charge in [0.05, 0.1) is 5.56 Å². The van der Waals surface area contributed by atoms with Gasteiger partial charge < -0.3 is 11.1 Å². The molecule has 1 rings (SSSR count). The molecule has 0 aliphatic carbocycles. The Morgan fingerprint density at radius 1 is 1.57 bits per heavy atom. The van der Waals surface area contributed by atoms with Crippen LogP contribution in [0.4, 0.5) is 10.1 Å². The highest BCUT2D eigenvalue weighted by molar-refractivity contribution is 9.10. The zero-order valence-electron chi connectivity index (χ0n) is 7.39. The van der Waals surface area contributed by atoms with Crippen LogP contribution in [0.5, 0.6) is 0 Å². The minimum absolute atomic E-state index is 0.00827. The first-order valence-corrected chi connectivity index (χ1v) is 4.83. The Morgan fingerprint density at radius 3 is 2.86 bits per heavy atom. The van der Waals surface area contributed by atoms with Crippen LogP contribution in [0.25, 0.3) is 0 Å². The number of benzene rings is 1. The third-order valence-electron chi connectivity index (χ3n) is 1.64. The van der Waals surface area contributed by atoms with Gasteiger partial charge in [0.1, 0.15) is 6.67 Å². The summed E-state index contributed by atoms with van der Waals surface area (Å²) in [5.41, 5.74) is 6.34. The van der Waals surface area contributed by atoms with Crippen molar-refractivity contribution in [2.75, 3.05) is 19.0 Å². The summed E-state index contributed by atoms with van der Waals surface area (Å²) < 4.78 is 12.6. The van der Waals surface area contributed by atoms with Crippen LogP contribution in [0.3, 0.4) is 0 Å². The smallest absolute Gasteiger partial charge is 0.253 e. The van der Waals surface area contributed by atoms with Crippen molar-refractivity contribution in [1.29, 1.82) is 0 Å². The number of hydrogen-bond donors (Lipinski definition) is 2. The number of nitrogens with two attached hydrogens (primary N) is 1. The van der Waals surface area contributed by atoms with Crippen molar-refractivity contribution in [3.63, 3.8) is 0 Å². The van der Waals surface area contributed by atoms with Gasteiger partial charge in [-0.25, -0.2) is 4.39 Å². The van der Waals surface area contributed by atoms with Gasteiger partial charge in [-0.05, 0) is 18.2 Å². The van der Waals surface area contributed by atoms with Crippen LogP contribution in [0.15, 0.2) is 22.7 Å². The summed E-state index contributed by atoms with van der Waals surface area (Å²) in [6.07, 6.45) is 0. The second-order valence-corrected chi connectivity index (χ2v) is 3.59. The molecule has 1 aromatic carbocycles. The van der Waals surface area contributed by atoms with E-state index in [9.17, 15) is 9.18 Å². The summed E-state index contributed by atoms with van der Waals surface area (Å²) in [6, 6.07) is 4.93. The summed E-state index contributed by atoms with van der Waals surface area (Å²) in [6.45, 7) is -0.573. The van der Waals surface area contributed by atoms with E-state index < -0.39 is 6.67 Å². The van der Waals surface area contributed by atoms with Gasteiger partial charge in [-0.15, -0.1) is 0 Å². The molecule has 3 nitrogen and oxygen atoms in total. The average molecular weight is 261 g/mol. The lowest BCUT2D eigenvalue weighted by molar-refractivity contribution is 0.0951. The van der Waals surface area contributed by atoms with Gasteiger partial charge >= 0.3 is 0 Å². The first-order chi connectivity index (χ1) is 6.65. The molecule has 0 aliphatic rings. The second kappa shape index (κ2) is 4.95. The van der Waals surface area contributed by atoms with Crippen LogP contribution in [-0.4, -0.2) is 19.1 Å². The van der Waals surface area contributed by atoms with E-state index in [4.69, 9.17) is 5.73 Å². The fraction of sp³-hybridized carbons (Fsp3) is 0.222. The highest BCUT2D eigenvalue weighted by Gasteiger charge is 2.08. The van der Waals surface area contributed by atoms with Gasteiger partial charge in [0.25, 0.3) is 5.91 Å². The molecule has 14 heavy (non-hydrogen) atoms. The number of nitrogen functional groups attached to an aromatic ring is 1. The predicted octanol–water partition coefficient (Wildman–Crippen LogP) is 1.73. The van der Waals surface area contributed by atoms with Gasteiger partial charge in [0.15, 0.2) is 0 Å². The van der Waals surface area contributed by atoms with Crippen molar-refractivity contribution in [2.45, 2.75) is 0 Å². The minimum atomic E-state index is -0.581. The van der Waals surface area contributed by atoms with Crippen LogP contribution < -0.4 is 11.1 Å². The molecular formula is C9H10BrFN2O. The molecule has 0 bridgehead atoms. The Labute approximate surface area is 89.6 Å². The molecule has 0 atom stereocenters. The third-order valence-corrected chi connectivity index (χ3v) is 2.13. The van der Waals surface area contributed by atoms with Crippen molar-refractivity contribution < 1.29 is 9.18 Å². The largest absolute Gasteiger partial charge is 0.398 e. The summed E-state index contributed by atoms with van der Waals surface area (Å²) >= 11 is 3.23. The lowest BCUT2D eigenvalue weighted by Crippen LogP contribution is -2.26. The number of amides is 1. The number of alkyl halides is 1. The number of rotatable bonds is 3. The van der Waals surface area contributed by atoms with Gasteiger partial charge in [-0.3, -0.25) is 4.79 Å². The summed E-state index contributed by atoms with van der Waals surface area (Å²) in [7, 11) is 0. The fourth-order valence-corrected chi connectivity index (χ4v) is 1.38. The standard InChI is InChI=1S/C9H10BrFN2O/c10-6-1-2-7(8(12)5-6)9(14)13-4-3-11/h1-2,5H,3-4,12H2,(H,13,14). The van der Waals surface area contributed by atoms with Crippen molar-refractivity contribution in [2.24, 2.45) is 0 Å². The Hall–Kier alpha value is -1.10. The fourth-order valence-electron chi connectivity index (χ4n) is 0.996. The van der Waals surface area contributed by atoms with Crippen LogP contribution in [0.2, 0.25) is 0 Å². The SMILES string of the molecule is Nc1cc(Br)ccc1C(=O)NCCF. The lowest BCUT2D eigenvalue weighted by atomic mass is 10.1. The number of carbonyl (C=O) groups excluding carboxylic acids is 1. The normalized spacial score (nSPS) is 9.86. The predicted molar refractivity (Wildman–Crippen MR) is 56.9 cm³/mol. The maximum Gasteiger partial charge on any atom is 0.253 e. The van der Waals surface area contributed by atoms with Gasteiger partial charge in [0, 0.05) is 16.7 Å². The summed E-state index contributed by atoms with van der Waals surface area (Å²) in [4.78, 5) is 11.4. The van der Waals surface area contributed by atoms with E-state index in [-0.39, 0.29) is 12.5 Å². The molecule has 0 heterocycles. The number of anilines is 1. The first kappa shape index (κ1) is 11.0. The molecular weight excluding hydrogens is 251 g/mol. The molecule has 0 aliphatic heterocycles.